The fraction of sp³-hybridized carbons (Fsp3) is 0.308. The van der Waals surface area contributed by atoms with E-state index in [1.807, 2.05) is 72.8 Å². The number of carbonyl (C=O) groups is 1. The van der Waals surface area contributed by atoms with E-state index >= 15 is 0 Å². The summed E-state index contributed by atoms with van der Waals surface area (Å²) in [5.74, 6) is 0.674. The molecule has 166 valence electrons. The summed E-state index contributed by atoms with van der Waals surface area (Å²) < 4.78 is 22.8. The molecule has 5 nitrogen and oxygen atoms in total. The van der Waals surface area contributed by atoms with Gasteiger partial charge in [0.05, 0.1) is 16.9 Å². The van der Waals surface area contributed by atoms with Gasteiger partial charge in [-0.1, -0.05) is 73.5 Å². The molecule has 3 aromatic rings. The largest absolute Gasteiger partial charge is 0.310 e. The monoisotopic (exact) mass is 448 g/mol. The number of carbonyl (C=O) groups excluding carboxylic acids is 1. The standard InChI is InChI=1S/C26H28N2O3S/c1-32(30,31)19-16-20-12-14-21(15-13-20)23-10-7-11-24(27-23)28-25(29)26(17-5-6-18-26)22-8-3-2-4-9-22/h2-4,7-15H,5-6,16-19H2,1H3,(H,27,28,29). The Morgan fingerprint density at radius 3 is 2.28 bits per heavy atom. The Balaban J connectivity index is 1.51. The second kappa shape index (κ2) is 9.25. The number of anilines is 1. The van der Waals surface area contributed by atoms with Gasteiger partial charge in [0.15, 0.2) is 0 Å². The molecule has 1 heterocycles. The molecule has 1 aliphatic carbocycles. The molecule has 32 heavy (non-hydrogen) atoms. The zero-order valence-corrected chi connectivity index (χ0v) is 19.1. The molecule has 0 saturated heterocycles. The maximum absolute atomic E-state index is 13.4. The van der Waals surface area contributed by atoms with Gasteiger partial charge in [-0.3, -0.25) is 4.79 Å². The molecule has 1 fully saturated rings. The van der Waals surface area contributed by atoms with Crippen LogP contribution in [0.3, 0.4) is 0 Å². The third-order valence-electron chi connectivity index (χ3n) is 6.22. The number of benzene rings is 2. The Labute approximate surface area is 189 Å². The number of pyridine rings is 1. The van der Waals surface area contributed by atoms with E-state index in [0.717, 1.165) is 48.1 Å². The molecular weight excluding hydrogens is 420 g/mol. The van der Waals surface area contributed by atoms with Crippen molar-refractivity contribution < 1.29 is 13.2 Å². The van der Waals surface area contributed by atoms with Crippen LogP contribution in [0.5, 0.6) is 0 Å². The molecule has 0 unspecified atom stereocenters. The van der Waals surface area contributed by atoms with E-state index in [0.29, 0.717) is 12.2 Å². The molecule has 2 aromatic carbocycles. The quantitative estimate of drug-likeness (QED) is 0.564. The molecule has 1 saturated carbocycles. The third-order valence-corrected chi connectivity index (χ3v) is 7.17. The second-order valence-corrected chi connectivity index (χ2v) is 10.9. The predicted molar refractivity (Wildman–Crippen MR) is 128 cm³/mol. The lowest BCUT2D eigenvalue weighted by atomic mass is 9.78. The summed E-state index contributed by atoms with van der Waals surface area (Å²) in [7, 11) is -2.99. The van der Waals surface area contributed by atoms with Crippen molar-refractivity contribution in [2.45, 2.75) is 37.5 Å². The van der Waals surface area contributed by atoms with Crippen LogP contribution in [0.1, 0.15) is 36.8 Å². The van der Waals surface area contributed by atoms with Crippen LogP contribution in [0, 0.1) is 0 Å². The molecule has 0 spiro atoms. The van der Waals surface area contributed by atoms with E-state index in [2.05, 4.69) is 10.3 Å². The highest BCUT2D eigenvalue weighted by Gasteiger charge is 2.42. The minimum Gasteiger partial charge on any atom is -0.310 e. The minimum absolute atomic E-state index is 0.00183. The Morgan fingerprint density at radius 2 is 1.62 bits per heavy atom. The highest BCUT2D eigenvalue weighted by Crippen LogP contribution is 2.42. The van der Waals surface area contributed by atoms with Gasteiger partial charge in [0, 0.05) is 11.8 Å². The summed E-state index contributed by atoms with van der Waals surface area (Å²) in [4.78, 5) is 18.0. The average Bonchev–Trinajstić information content (AvgIpc) is 3.30. The van der Waals surface area contributed by atoms with Gasteiger partial charge in [0.2, 0.25) is 5.91 Å². The average molecular weight is 449 g/mol. The summed E-state index contributed by atoms with van der Waals surface area (Å²) in [5.41, 5.74) is 3.21. The second-order valence-electron chi connectivity index (χ2n) is 8.59. The van der Waals surface area contributed by atoms with Gasteiger partial charge in [-0.15, -0.1) is 0 Å². The fourth-order valence-corrected chi connectivity index (χ4v) is 5.04. The Hall–Kier alpha value is -2.99. The van der Waals surface area contributed by atoms with Gasteiger partial charge in [-0.2, -0.15) is 0 Å². The van der Waals surface area contributed by atoms with Crippen molar-refractivity contribution in [2.24, 2.45) is 0 Å². The van der Waals surface area contributed by atoms with E-state index in [1.54, 1.807) is 0 Å². The number of sulfone groups is 1. The Bertz CT molecular complexity index is 1180. The first-order valence-corrected chi connectivity index (χ1v) is 13.0. The Morgan fingerprint density at radius 1 is 0.938 bits per heavy atom. The molecule has 1 aromatic heterocycles. The first-order chi connectivity index (χ1) is 15.4. The number of aromatic nitrogens is 1. The van der Waals surface area contributed by atoms with Crippen molar-refractivity contribution in [3.05, 3.63) is 83.9 Å². The van der Waals surface area contributed by atoms with Crippen molar-refractivity contribution in [3.8, 4) is 11.3 Å². The number of aryl methyl sites for hydroxylation is 1. The van der Waals surface area contributed by atoms with Gasteiger partial charge in [0.25, 0.3) is 0 Å². The number of hydrogen-bond acceptors (Lipinski definition) is 4. The van der Waals surface area contributed by atoms with Crippen molar-refractivity contribution in [1.82, 2.24) is 4.98 Å². The van der Waals surface area contributed by atoms with E-state index in [1.165, 1.54) is 6.26 Å². The maximum Gasteiger partial charge on any atom is 0.236 e. The highest BCUT2D eigenvalue weighted by atomic mass is 32.2. The zero-order chi connectivity index (χ0) is 22.6. The Kier molecular flexibility index (Phi) is 6.42. The summed E-state index contributed by atoms with van der Waals surface area (Å²) in [6.07, 6.45) is 5.51. The van der Waals surface area contributed by atoms with Gasteiger partial charge < -0.3 is 5.32 Å². The lowest BCUT2D eigenvalue weighted by molar-refractivity contribution is -0.121. The van der Waals surface area contributed by atoms with Gasteiger partial charge >= 0.3 is 0 Å². The van der Waals surface area contributed by atoms with E-state index in [-0.39, 0.29) is 11.7 Å². The van der Waals surface area contributed by atoms with Crippen molar-refractivity contribution in [2.75, 3.05) is 17.3 Å². The molecule has 0 radical (unpaired) electrons. The molecule has 1 N–H and O–H groups in total. The van der Waals surface area contributed by atoms with Crippen LogP contribution in [-0.4, -0.2) is 31.3 Å². The molecule has 1 amide bonds. The van der Waals surface area contributed by atoms with Crippen LogP contribution in [0.2, 0.25) is 0 Å². The van der Waals surface area contributed by atoms with Crippen molar-refractivity contribution in [1.29, 1.82) is 0 Å². The van der Waals surface area contributed by atoms with Crippen LogP contribution < -0.4 is 5.32 Å². The van der Waals surface area contributed by atoms with Crippen LogP contribution >= 0.6 is 0 Å². The fourth-order valence-electron chi connectivity index (χ4n) is 4.43. The lowest BCUT2D eigenvalue weighted by Crippen LogP contribution is -2.38. The smallest absolute Gasteiger partial charge is 0.236 e. The third kappa shape index (κ3) is 5.07. The topological polar surface area (TPSA) is 76.1 Å². The number of rotatable bonds is 7. The van der Waals surface area contributed by atoms with Crippen LogP contribution in [0.4, 0.5) is 5.82 Å². The van der Waals surface area contributed by atoms with Gasteiger partial charge in [-0.25, -0.2) is 13.4 Å². The van der Waals surface area contributed by atoms with Crippen LogP contribution in [0.25, 0.3) is 11.3 Å². The van der Waals surface area contributed by atoms with E-state index in [9.17, 15) is 13.2 Å². The number of nitrogens with one attached hydrogen (secondary N) is 1. The first-order valence-electron chi connectivity index (χ1n) is 11.0. The number of hydrogen-bond donors (Lipinski definition) is 1. The molecule has 6 heteroatoms. The number of nitrogens with zero attached hydrogens (tertiary/aromatic N) is 1. The van der Waals surface area contributed by atoms with Crippen LogP contribution in [-0.2, 0) is 26.5 Å². The summed E-state index contributed by atoms with van der Waals surface area (Å²) >= 11 is 0. The lowest BCUT2D eigenvalue weighted by Gasteiger charge is -2.28. The number of amides is 1. The summed E-state index contributed by atoms with van der Waals surface area (Å²) in [6.45, 7) is 0. The SMILES string of the molecule is CS(=O)(=O)CCc1ccc(-c2cccc(NC(=O)C3(c4ccccc4)CCCC3)n2)cc1. The van der Waals surface area contributed by atoms with Gasteiger partial charge in [0.1, 0.15) is 15.7 Å². The minimum atomic E-state index is -2.99. The van der Waals surface area contributed by atoms with E-state index < -0.39 is 15.3 Å². The zero-order valence-electron chi connectivity index (χ0n) is 18.3. The summed E-state index contributed by atoms with van der Waals surface area (Å²) in [6, 6.07) is 23.4. The molecule has 0 aliphatic heterocycles. The molecular formula is C26H28N2O3S. The normalized spacial score (nSPS) is 15.4. The molecule has 0 bridgehead atoms. The van der Waals surface area contributed by atoms with Crippen molar-refractivity contribution >= 4 is 21.6 Å². The van der Waals surface area contributed by atoms with E-state index in [4.69, 9.17) is 0 Å². The summed E-state index contributed by atoms with van der Waals surface area (Å²) in [5, 5.41) is 3.06. The van der Waals surface area contributed by atoms with Crippen molar-refractivity contribution in [3.63, 3.8) is 0 Å². The van der Waals surface area contributed by atoms with Gasteiger partial charge in [-0.05, 0) is 42.5 Å². The predicted octanol–water partition coefficient (Wildman–Crippen LogP) is 4.79. The molecule has 4 rings (SSSR count). The molecule has 0 atom stereocenters. The maximum atomic E-state index is 13.4. The highest BCUT2D eigenvalue weighted by molar-refractivity contribution is 7.90. The first kappa shape index (κ1) is 22.2. The molecule has 1 aliphatic rings. The van der Waals surface area contributed by atoms with Crippen LogP contribution in [0.15, 0.2) is 72.8 Å².